The Morgan fingerprint density at radius 3 is 2.61 bits per heavy atom. The second-order valence-corrected chi connectivity index (χ2v) is 5.80. The van der Waals surface area contributed by atoms with Crippen LogP contribution in [0.4, 0.5) is 0 Å². The SMILES string of the molecule is Cc1ccc(C(C)C)c(OC2CCCCC2N)c1. The summed E-state index contributed by atoms with van der Waals surface area (Å²) in [5.74, 6) is 1.52. The number of benzene rings is 1. The average molecular weight is 247 g/mol. The number of ether oxygens (including phenoxy) is 1. The average Bonchev–Trinajstić information content (AvgIpc) is 2.32. The first kappa shape index (κ1) is 13.4. The van der Waals surface area contributed by atoms with Crippen molar-refractivity contribution in [1.82, 2.24) is 0 Å². The summed E-state index contributed by atoms with van der Waals surface area (Å²) >= 11 is 0. The lowest BCUT2D eigenvalue weighted by Gasteiger charge is -2.30. The maximum absolute atomic E-state index is 6.22. The van der Waals surface area contributed by atoms with Crippen molar-refractivity contribution in [2.75, 3.05) is 0 Å². The van der Waals surface area contributed by atoms with Gasteiger partial charge in [-0.15, -0.1) is 0 Å². The third-order valence-electron chi connectivity index (χ3n) is 3.82. The van der Waals surface area contributed by atoms with Gasteiger partial charge in [0.25, 0.3) is 0 Å². The first-order chi connectivity index (χ1) is 8.58. The number of rotatable bonds is 3. The van der Waals surface area contributed by atoms with Gasteiger partial charge < -0.3 is 10.5 Å². The van der Waals surface area contributed by atoms with Gasteiger partial charge in [0, 0.05) is 6.04 Å². The predicted octanol–water partition coefficient (Wildman–Crippen LogP) is 3.77. The maximum Gasteiger partial charge on any atom is 0.123 e. The lowest BCUT2D eigenvalue weighted by Crippen LogP contribution is -2.41. The fourth-order valence-electron chi connectivity index (χ4n) is 2.66. The van der Waals surface area contributed by atoms with Gasteiger partial charge in [-0.05, 0) is 49.3 Å². The van der Waals surface area contributed by atoms with Crippen LogP contribution in [0.25, 0.3) is 0 Å². The van der Waals surface area contributed by atoms with E-state index in [1.165, 1.54) is 24.0 Å². The van der Waals surface area contributed by atoms with Crippen molar-refractivity contribution in [3.63, 3.8) is 0 Å². The zero-order valence-electron chi connectivity index (χ0n) is 11.8. The van der Waals surface area contributed by atoms with Crippen LogP contribution >= 0.6 is 0 Å². The molecule has 0 saturated heterocycles. The fourth-order valence-corrected chi connectivity index (χ4v) is 2.66. The molecule has 2 unspecified atom stereocenters. The third-order valence-corrected chi connectivity index (χ3v) is 3.82. The van der Waals surface area contributed by atoms with Gasteiger partial charge in [0.05, 0.1) is 0 Å². The van der Waals surface area contributed by atoms with E-state index >= 15 is 0 Å². The molecule has 100 valence electrons. The van der Waals surface area contributed by atoms with Crippen LogP contribution in [0.3, 0.4) is 0 Å². The highest BCUT2D eigenvalue weighted by atomic mass is 16.5. The Kier molecular flexibility index (Phi) is 4.28. The molecule has 2 atom stereocenters. The highest BCUT2D eigenvalue weighted by Crippen LogP contribution is 2.30. The van der Waals surface area contributed by atoms with E-state index in [0.29, 0.717) is 5.92 Å². The van der Waals surface area contributed by atoms with Crippen molar-refractivity contribution in [3.8, 4) is 5.75 Å². The Bertz CT molecular complexity index is 400. The van der Waals surface area contributed by atoms with Crippen LogP contribution in [0, 0.1) is 6.92 Å². The Balaban J connectivity index is 2.18. The van der Waals surface area contributed by atoms with Crippen molar-refractivity contribution in [3.05, 3.63) is 29.3 Å². The van der Waals surface area contributed by atoms with Crippen molar-refractivity contribution < 1.29 is 4.74 Å². The zero-order valence-corrected chi connectivity index (χ0v) is 11.8. The molecule has 0 amide bonds. The van der Waals surface area contributed by atoms with Crippen LogP contribution in [0.2, 0.25) is 0 Å². The number of hydrogen-bond donors (Lipinski definition) is 1. The minimum atomic E-state index is 0.193. The molecule has 2 heteroatoms. The van der Waals surface area contributed by atoms with E-state index in [4.69, 9.17) is 10.5 Å². The minimum absolute atomic E-state index is 0.193. The summed E-state index contributed by atoms with van der Waals surface area (Å²) in [4.78, 5) is 0. The predicted molar refractivity (Wildman–Crippen MR) is 76.1 cm³/mol. The van der Waals surface area contributed by atoms with Crippen molar-refractivity contribution >= 4 is 0 Å². The molecule has 2 N–H and O–H groups in total. The minimum Gasteiger partial charge on any atom is -0.489 e. The Hall–Kier alpha value is -1.02. The molecule has 0 heterocycles. The topological polar surface area (TPSA) is 35.2 Å². The summed E-state index contributed by atoms with van der Waals surface area (Å²) in [7, 11) is 0. The van der Waals surface area contributed by atoms with Crippen LogP contribution in [0.15, 0.2) is 18.2 Å². The first-order valence-electron chi connectivity index (χ1n) is 7.10. The van der Waals surface area contributed by atoms with Gasteiger partial charge in [0.15, 0.2) is 0 Å². The first-order valence-corrected chi connectivity index (χ1v) is 7.10. The van der Waals surface area contributed by atoms with Gasteiger partial charge in [-0.25, -0.2) is 0 Å². The molecule has 18 heavy (non-hydrogen) atoms. The Morgan fingerprint density at radius 2 is 1.94 bits per heavy atom. The highest BCUT2D eigenvalue weighted by molar-refractivity contribution is 5.39. The van der Waals surface area contributed by atoms with E-state index in [2.05, 4.69) is 39.0 Å². The highest BCUT2D eigenvalue weighted by Gasteiger charge is 2.24. The normalized spacial score (nSPS) is 24.3. The molecule has 0 spiro atoms. The molecule has 0 aromatic heterocycles. The van der Waals surface area contributed by atoms with E-state index < -0.39 is 0 Å². The summed E-state index contributed by atoms with van der Waals surface area (Å²) < 4.78 is 6.22. The lowest BCUT2D eigenvalue weighted by atomic mass is 9.93. The Morgan fingerprint density at radius 1 is 1.22 bits per heavy atom. The number of aryl methyl sites for hydroxylation is 1. The molecular formula is C16H25NO. The summed E-state index contributed by atoms with van der Waals surface area (Å²) in [6.07, 6.45) is 4.85. The maximum atomic E-state index is 6.22. The standard InChI is InChI=1S/C16H25NO/c1-11(2)13-9-8-12(3)10-16(13)18-15-7-5-4-6-14(15)17/h8-11,14-15H,4-7,17H2,1-3H3. The van der Waals surface area contributed by atoms with Crippen molar-refractivity contribution in [2.24, 2.45) is 5.73 Å². The lowest BCUT2D eigenvalue weighted by molar-refractivity contribution is 0.130. The van der Waals surface area contributed by atoms with Gasteiger partial charge in [-0.3, -0.25) is 0 Å². The van der Waals surface area contributed by atoms with Crippen LogP contribution in [-0.2, 0) is 0 Å². The van der Waals surface area contributed by atoms with Gasteiger partial charge in [0.1, 0.15) is 11.9 Å². The summed E-state index contributed by atoms with van der Waals surface area (Å²) in [6.45, 7) is 6.52. The molecule has 1 aliphatic carbocycles. The van der Waals surface area contributed by atoms with Crippen LogP contribution in [0.1, 0.15) is 56.6 Å². The zero-order chi connectivity index (χ0) is 13.1. The summed E-state index contributed by atoms with van der Waals surface area (Å²) in [5.41, 5.74) is 8.71. The van der Waals surface area contributed by atoms with E-state index in [-0.39, 0.29) is 12.1 Å². The van der Waals surface area contributed by atoms with Crippen molar-refractivity contribution in [2.45, 2.75) is 64.5 Å². The molecule has 0 bridgehead atoms. The second-order valence-electron chi connectivity index (χ2n) is 5.80. The molecule has 0 aliphatic heterocycles. The van der Waals surface area contributed by atoms with Gasteiger partial charge in [-0.2, -0.15) is 0 Å². The van der Waals surface area contributed by atoms with Gasteiger partial charge >= 0.3 is 0 Å². The quantitative estimate of drug-likeness (QED) is 0.882. The van der Waals surface area contributed by atoms with E-state index in [1.807, 2.05) is 0 Å². The molecule has 1 fully saturated rings. The number of nitrogens with two attached hydrogens (primary N) is 1. The largest absolute Gasteiger partial charge is 0.489 e. The summed E-state index contributed by atoms with van der Waals surface area (Å²) in [6, 6.07) is 6.68. The number of hydrogen-bond acceptors (Lipinski definition) is 2. The van der Waals surface area contributed by atoms with Gasteiger partial charge in [-0.1, -0.05) is 32.4 Å². The smallest absolute Gasteiger partial charge is 0.123 e. The molecule has 2 rings (SSSR count). The second kappa shape index (κ2) is 5.75. The van der Waals surface area contributed by atoms with Gasteiger partial charge in [0.2, 0.25) is 0 Å². The fraction of sp³-hybridized carbons (Fsp3) is 0.625. The van der Waals surface area contributed by atoms with E-state index in [1.54, 1.807) is 0 Å². The molecular weight excluding hydrogens is 222 g/mol. The molecule has 2 nitrogen and oxygen atoms in total. The van der Waals surface area contributed by atoms with E-state index in [9.17, 15) is 0 Å². The molecule has 1 saturated carbocycles. The van der Waals surface area contributed by atoms with E-state index in [0.717, 1.165) is 18.6 Å². The summed E-state index contributed by atoms with van der Waals surface area (Å²) in [5, 5.41) is 0. The molecule has 0 radical (unpaired) electrons. The third kappa shape index (κ3) is 3.05. The van der Waals surface area contributed by atoms with Crippen LogP contribution in [0.5, 0.6) is 5.75 Å². The molecule has 1 aliphatic rings. The van der Waals surface area contributed by atoms with Crippen LogP contribution < -0.4 is 10.5 Å². The Labute approximate surface area is 111 Å². The van der Waals surface area contributed by atoms with Crippen molar-refractivity contribution in [1.29, 1.82) is 0 Å². The monoisotopic (exact) mass is 247 g/mol. The molecule has 1 aromatic carbocycles. The van der Waals surface area contributed by atoms with Crippen LogP contribution in [-0.4, -0.2) is 12.1 Å². The molecule has 1 aromatic rings.